The Morgan fingerprint density at radius 2 is 1.57 bits per heavy atom. The topological polar surface area (TPSA) is 67.9 Å². The van der Waals surface area contributed by atoms with Crippen LogP contribution in [0.3, 0.4) is 0 Å². The molecule has 0 saturated heterocycles. The van der Waals surface area contributed by atoms with Crippen molar-refractivity contribution in [3.8, 4) is 11.5 Å². The van der Waals surface area contributed by atoms with E-state index in [0.717, 1.165) is 47.8 Å². The fraction of sp³-hybridized carbons (Fsp3) is 0.212. The Labute approximate surface area is 237 Å². The van der Waals surface area contributed by atoms with E-state index in [-0.39, 0.29) is 11.3 Å². The fourth-order valence-corrected chi connectivity index (χ4v) is 6.06. The lowest BCUT2D eigenvalue weighted by Crippen LogP contribution is -2.19. The summed E-state index contributed by atoms with van der Waals surface area (Å²) in [5.41, 5.74) is 3.58. The molecule has 0 unspecified atom stereocenters. The second kappa shape index (κ2) is 12.3. The van der Waals surface area contributed by atoms with Gasteiger partial charge in [-0.2, -0.15) is 0 Å². The molecular formula is C33H32N2O4S. The first-order chi connectivity index (χ1) is 19.5. The second-order valence-electron chi connectivity index (χ2n) is 9.79. The SMILES string of the molecule is COc1ccc(CN(C)CCCc2ccc(NC(=O)c3cccc4c(=O)c5ccccc5sc34)cc2)cc1OC. The maximum absolute atomic E-state index is 13.2. The van der Waals surface area contributed by atoms with Gasteiger partial charge in [-0.05, 0) is 86.1 Å². The third-order valence-corrected chi connectivity index (χ3v) is 8.19. The zero-order valence-electron chi connectivity index (χ0n) is 22.9. The van der Waals surface area contributed by atoms with Crippen molar-refractivity contribution < 1.29 is 14.3 Å². The molecule has 7 heteroatoms. The molecule has 4 aromatic carbocycles. The van der Waals surface area contributed by atoms with E-state index < -0.39 is 0 Å². The van der Waals surface area contributed by atoms with E-state index in [1.807, 2.05) is 48.5 Å². The lowest BCUT2D eigenvalue weighted by Gasteiger charge is -2.18. The number of hydrogen-bond acceptors (Lipinski definition) is 6. The van der Waals surface area contributed by atoms with Gasteiger partial charge in [0.1, 0.15) is 0 Å². The summed E-state index contributed by atoms with van der Waals surface area (Å²) < 4.78 is 12.3. The van der Waals surface area contributed by atoms with Crippen LogP contribution in [0.5, 0.6) is 11.5 Å². The van der Waals surface area contributed by atoms with Crippen molar-refractivity contribution in [2.24, 2.45) is 0 Å². The van der Waals surface area contributed by atoms with E-state index in [9.17, 15) is 9.59 Å². The summed E-state index contributed by atoms with van der Waals surface area (Å²) in [6.45, 7) is 1.77. The molecule has 5 aromatic rings. The Morgan fingerprint density at radius 3 is 2.35 bits per heavy atom. The number of aryl methyl sites for hydroxylation is 1. The highest BCUT2D eigenvalue weighted by molar-refractivity contribution is 7.24. The predicted molar refractivity (Wildman–Crippen MR) is 164 cm³/mol. The number of carbonyl (C=O) groups is 1. The van der Waals surface area contributed by atoms with E-state index in [4.69, 9.17) is 9.47 Å². The number of fused-ring (bicyclic) bond motifs is 2. The third kappa shape index (κ3) is 6.01. The largest absolute Gasteiger partial charge is 0.493 e. The fourth-order valence-electron chi connectivity index (χ4n) is 4.88. The Morgan fingerprint density at radius 1 is 0.850 bits per heavy atom. The Bertz CT molecular complexity index is 1710. The van der Waals surface area contributed by atoms with Crippen molar-refractivity contribution in [1.82, 2.24) is 4.90 Å². The first-order valence-electron chi connectivity index (χ1n) is 13.2. The molecule has 6 nitrogen and oxygen atoms in total. The van der Waals surface area contributed by atoms with Gasteiger partial charge < -0.3 is 19.7 Å². The number of nitrogens with zero attached hydrogens (tertiary/aromatic N) is 1. The number of methoxy groups -OCH3 is 2. The monoisotopic (exact) mass is 552 g/mol. The quantitative estimate of drug-likeness (QED) is 0.194. The minimum Gasteiger partial charge on any atom is -0.493 e. The summed E-state index contributed by atoms with van der Waals surface area (Å²) in [7, 11) is 5.40. The molecule has 0 fully saturated rings. The molecule has 1 aromatic heterocycles. The number of rotatable bonds is 10. The first kappa shape index (κ1) is 27.4. The van der Waals surface area contributed by atoms with Gasteiger partial charge in [0.05, 0.1) is 24.5 Å². The van der Waals surface area contributed by atoms with Crippen LogP contribution < -0.4 is 20.2 Å². The average Bonchev–Trinajstić information content (AvgIpc) is 2.98. The molecule has 0 atom stereocenters. The molecular weight excluding hydrogens is 520 g/mol. The van der Waals surface area contributed by atoms with Crippen LogP contribution in [0.25, 0.3) is 20.2 Å². The van der Waals surface area contributed by atoms with Crippen LogP contribution in [0.4, 0.5) is 5.69 Å². The van der Waals surface area contributed by atoms with Crippen LogP contribution in [-0.4, -0.2) is 38.6 Å². The van der Waals surface area contributed by atoms with Gasteiger partial charge in [0.2, 0.25) is 0 Å². The molecule has 1 amide bonds. The maximum Gasteiger partial charge on any atom is 0.257 e. The summed E-state index contributed by atoms with van der Waals surface area (Å²) in [4.78, 5) is 28.5. The van der Waals surface area contributed by atoms with Crippen LogP contribution in [0.2, 0.25) is 0 Å². The zero-order valence-corrected chi connectivity index (χ0v) is 23.7. The highest BCUT2D eigenvalue weighted by Crippen LogP contribution is 2.29. The van der Waals surface area contributed by atoms with Crippen molar-refractivity contribution in [3.05, 3.63) is 112 Å². The number of benzene rings is 4. The van der Waals surface area contributed by atoms with E-state index >= 15 is 0 Å². The first-order valence-corrected chi connectivity index (χ1v) is 14.0. The van der Waals surface area contributed by atoms with Gasteiger partial charge in [0.15, 0.2) is 16.9 Å². The van der Waals surface area contributed by atoms with E-state index in [1.165, 1.54) is 22.5 Å². The third-order valence-electron chi connectivity index (χ3n) is 6.97. The molecule has 0 spiro atoms. The molecule has 0 bridgehead atoms. The van der Waals surface area contributed by atoms with Gasteiger partial charge in [0, 0.05) is 27.7 Å². The van der Waals surface area contributed by atoms with Crippen molar-refractivity contribution in [2.75, 3.05) is 33.1 Å². The predicted octanol–water partition coefficient (Wildman–Crippen LogP) is 6.75. The number of amides is 1. The average molecular weight is 553 g/mol. The zero-order chi connectivity index (χ0) is 28.1. The Hall–Kier alpha value is -4.20. The summed E-state index contributed by atoms with van der Waals surface area (Å²) in [6, 6.07) is 26.8. The number of hydrogen-bond donors (Lipinski definition) is 1. The van der Waals surface area contributed by atoms with E-state index in [2.05, 4.69) is 35.5 Å². The molecule has 0 aliphatic carbocycles. The summed E-state index contributed by atoms with van der Waals surface area (Å²) >= 11 is 1.47. The van der Waals surface area contributed by atoms with Crippen LogP contribution in [0.15, 0.2) is 89.7 Å². The van der Waals surface area contributed by atoms with Crippen LogP contribution in [0.1, 0.15) is 27.9 Å². The molecule has 204 valence electrons. The number of nitrogens with one attached hydrogen (secondary N) is 1. The maximum atomic E-state index is 13.2. The number of carbonyl (C=O) groups excluding carboxylic acids is 1. The lowest BCUT2D eigenvalue weighted by atomic mass is 10.1. The summed E-state index contributed by atoms with van der Waals surface area (Å²) in [6.07, 6.45) is 1.95. The molecule has 0 saturated carbocycles. The van der Waals surface area contributed by atoms with Gasteiger partial charge in [-0.3, -0.25) is 9.59 Å². The lowest BCUT2D eigenvalue weighted by molar-refractivity contribution is 0.102. The van der Waals surface area contributed by atoms with Gasteiger partial charge in [-0.15, -0.1) is 11.3 Å². The molecule has 0 aliphatic heterocycles. The smallest absolute Gasteiger partial charge is 0.257 e. The number of anilines is 1. The molecule has 40 heavy (non-hydrogen) atoms. The standard InChI is InChI=1S/C33H32N2O4S/c1-35(21-23-15-18-28(38-2)29(20-23)39-3)19-7-8-22-13-16-24(17-14-22)34-33(37)27-11-6-10-26-31(36)25-9-4-5-12-30(25)40-32(26)27/h4-6,9-18,20H,7-8,19,21H2,1-3H3,(H,34,37). The van der Waals surface area contributed by atoms with Crippen LogP contribution in [-0.2, 0) is 13.0 Å². The van der Waals surface area contributed by atoms with E-state index in [1.54, 1.807) is 32.4 Å². The molecule has 1 N–H and O–H groups in total. The number of ether oxygens (including phenoxy) is 2. The molecule has 1 heterocycles. The highest BCUT2D eigenvalue weighted by atomic mass is 32.1. The normalized spacial score (nSPS) is 11.2. The van der Waals surface area contributed by atoms with Gasteiger partial charge in [-0.25, -0.2) is 0 Å². The van der Waals surface area contributed by atoms with Crippen LogP contribution in [0, 0.1) is 0 Å². The van der Waals surface area contributed by atoms with Gasteiger partial charge in [0.25, 0.3) is 5.91 Å². The van der Waals surface area contributed by atoms with E-state index in [0.29, 0.717) is 21.0 Å². The minimum atomic E-state index is -0.221. The van der Waals surface area contributed by atoms with Crippen molar-refractivity contribution in [3.63, 3.8) is 0 Å². The highest BCUT2D eigenvalue weighted by Gasteiger charge is 2.15. The Balaban J connectivity index is 1.18. The summed E-state index contributed by atoms with van der Waals surface area (Å²) in [5, 5.41) is 4.26. The summed E-state index contributed by atoms with van der Waals surface area (Å²) in [5.74, 6) is 1.25. The molecule has 5 rings (SSSR count). The van der Waals surface area contributed by atoms with Crippen LogP contribution >= 0.6 is 11.3 Å². The van der Waals surface area contributed by atoms with Gasteiger partial charge in [-0.1, -0.05) is 36.4 Å². The molecule has 0 aliphatic rings. The molecule has 0 radical (unpaired) electrons. The van der Waals surface area contributed by atoms with Crippen molar-refractivity contribution in [1.29, 1.82) is 0 Å². The second-order valence-corrected chi connectivity index (χ2v) is 10.8. The Kier molecular flexibility index (Phi) is 8.43. The van der Waals surface area contributed by atoms with Crippen molar-refractivity contribution >= 4 is 43.1 Å². The minimum absolute atomic E-state index is 0.0438. The van der Waals surface area contributed by atoms with Crippen molar-refractivity contribution in [2.45, 2.75) is 19.4 Å². The van der Waals surface area contributed by atoms with Gasteiger partial charge >= 0.3 is 0 Å².